The molecule has 0 spiro atoms. The lowest BCUT2D eigenvalue weighted by Gasteiger charge is -2.15. The predicted octanol–water partition coefficient (Wildman–Crippen LogP) is 3.49. The number of carbonyl (C=O) groups excluding carboxylic acids is 1. The van der Waals surface area contributed by atoms with Crippen molar-refractivity contribution in [3.8, 4) is 0 Å². The molecule has 0 saturated heterocycles. The summed E-state index contributed by atoms with van der Waals surface area (Å²) >= 11 is 15.8. The number of benzene rings is 1. The van der Waals surface area contributed by atoms with E-state index in [1.807, 2.05) is 13.0 Å². The molecule has 1 unspecified atom stereocenters. The third kappa shape index (κ3) is 3.89. The van der Waals surface area contributed by atoms with Crippen molar-refractivity contribution in [1.29, 1.82) is 0 Å². The highest BCUT2D eigenvalue weighted by Gasteiger charge is 2.12. The van der Waals surface area contributed by atoms with Crippen molar-refractivity contribution < 1.29 is 4.79 Å². The second kappa shape index (κ2) is 6.38. The van der Waals surface area contributed by atoms with Gasteiger partial charge in [-0.2, -0.15) is 12.6 Å². The minimum absolute atomic E-state index is 0.0338. The molecule has 5 heteroatoms. The van der Waals surface area contributed by atoms with Crippen LogP contribution in [0.5, 0.6) is 0 Å². The fourth-order valence-electron chi connectivity index (χ4n) is 1.35. The SMILES string of the molecule is CC(NC(=O)CCS)c1ccc(Cl)cc1Cl. The molecule has 1 aromatic carbocycles. The monoisotopic (exact) mass is 277 g/mol. The normalized spacial score (nSPS) is 12.2. The van der Waals surface area contributed by atoms with E-state index >= 15 is 0 Å². The lowest BCUT2D eigenvalue weighted by molar-refractivity contribution is -0.121. The number of halogens is 2. The van der Waals surface area contributed by atoms with Crippen LogP contribution in [0.2, 0.25) is 10.0 Å². The Balaban J connectivity index is 2.72. The van der Waals surface area contributed by atoms with Gasteiger partial charge in [0.1, 0.15) is 0 Å². The van der Waals surface area contributed by atoms with Crippen LogP contribution < -0.4 is 5.32 Å². The smallest absolute Gasteiger partial charge is 0.221 e. The third-order valence-corrected chi connectivity index (χ3v) is 2.93. The van der Waals surface area contributed by atoms with Gasteiger partial charge in [0.25, 0.3) is 0 Å². The zero-order chi connectivity index (χ0) is 12.1. The quantitative estimate of drug-likeness (QED) is 0.811. The molecule has 0 bridgehead atoms. The molecule has 0 saturated carbocycles. The van der Waals surface area contributed by atoms with E-state index in [2.05, 4.69) is 17.9 Å². The van der Waals surface area contributed by atoms with Crippen molar-refractivity contribution in [2.75, 3.05) is 5.75 Å². The number of nitrogens with one attached hydrogen (secondary N) is 1. The van der Waals surface area contributed by atoms with Crippen molar-refractivity contribution in [1.82, 2.24) is 5.32 Å². The Labute approximate surface area is 111 Å². The largest absolute Gasteiger partial charge is 0.350 e. The number of rotatable bonds is 4. The first-order valence-electron chi connectivity index (χ1n) is 4.89. The van der Waals surface area contributed by atoms with Gasteiger partial charge in [-0.1, -0.05) is 29.3 Å². The summed E-state index contributed by atoms with van der Waals surface area (Å²) in [5.41, 5.74) is 0.860. The molecule has 0 aliphatic rings. The lowest BCUT2D eigenvalue weighted by atomic mass is 10.1. The number of thiol groups is 1. The number of amides is 1. The molecule has 0 aromatic heterocycles. The van der Waals surface area contributed by atoms with Crippen LogP contribution in [0.25, 0.3) is 0 Å². The topological polar surface area (TPSA) is 29.1 Å². The van der Waals surface area contributed by atoms with Gasteiger partial charge in [-0.15, -0.1) is 0 Å². The van der Waals surface area contributed by atoms with E-state index in [9.17, 15) is 4.79 Å². The van der Waals surface area contributed by atoms with Crippen LogP contribution in [0.4, 0.5) is 0 Å². The molecule has 0 aliphatic carbocycles. The van der Waals surface area contributed by atoms with Gasteiger partial charge in [-0.25, -0.2) is 0 Å². The first kappa shape index (κ1) is 13.7. The van der Waals surface area contributed by atoms with Crippen LogP contribution in [0, 0.1) is 0 Å². The van der Waals surface area contributed by atoms with Gasteiger partial charge in [-0.05, 0) is 30.4 Å². The van der Waals surface area contributed by atoms with Crippen LogP contribution in [-0.4, -0.2) is 11.7 Å². The van der Waals surface area contributed by atoms with E-state index in [1.54, 1.807) is 12.1 Å². The van der Waals surface area contributed by atoms with Gasteiger partial charge in [0, 0.05) is 16.5 Å². The zero-order valence-electron chi connectivity index (χ0n) is 8.84. The van der Waals surface area contributed by atoms with Crippen molar-refractivity contribution in [2.24, 2.45) is 0 Å². The van der Waals surface area contributed by atoms with Crippen molar-refractivity contribution in [3.63, 3.8) is 0 Å². The van der Waals surface area contributed by atoms with Gasteiger partial charge >= 0.3 is 0 Å². The maximum absolute atomic E-state index is 11.4. The first-order chi connectivity index (χ1) is 7.54. The van der Waals surface area contributed by atoms with Gasteiger partial charge in [0.15, 0.2) is 0 Å². The zero-order valence-corrected chi connectivity index (χ0v) is 11.2. The summed E-state index contributed by atoms with van der Waals surface area (Å²) in [7, 11) is 0. The van der Waals surface area contributed by atoms with Crippen molar-refractivity contribution in [3.05, 3.63) is 33.8 Å². The van der Waals surface area contributed by atoms with Crippen molar-refractivity contribution >= 4 is 41.7 Å². The Bertz CT molecular complexity index is 384. The molecule has 88 valence electrons. The first-order valence-corrected chi connectivity index (χ1v) is 6.28. The summed E-state index contributed by atoms with van der Waals surface area (Å²) < 4.78 is 0. The molecule has 1 atom stereocenters. The van der Waals surface area contributed by atoms with Gasteiger partial charge in [0.2, 0.25) is 5.91 Å². The van der Waals surface area contributed by atoms with E-state index in [-0.39, 0.29) is 11.9 Å². The molecule has 1 amide bonds. The number of hydrogen-bond acceptors (Lipinski definition) is 2. The van der Waals surface area contributed by atoms with E-state index in [0.717, 1.165) is 5.56 Å². The number of carbonyl (C=O) groups is 1. The second-order valence-electron chi connectivity index (χ2n) is 3.43. The fraction of sp³-hybridized carbons (Fsp3) is 0.364. The van der Waals surface area contributed by atoms with Crippen LogP contribution in [0.3, 0.4) is 0 Å². The average molecular weight is 278 g/mol. The molecule has 1 aromatic rings. The highest BCUT2D eigenvalue weighted by Crippen LogP contribution is 2.25. The molecule has 1 rings (SSSR count). The molecule has 2 nitrogen and oxygen atoms in total. The average Bonchev–Trinajstić information content (AvgIpc) is 2.17. The summed E-state index contributed by atoms with van der Waals surface area (Å²) in [6, 6.07) is 5.11. The minimum atomic E-state index is -0.128. The summed E-state index contributed by atoms with van der Waals surface area (Å²) in [4.78, 5) is 11.4. The van der Waals surface area contributed by atoms with Crippen LogP contribution in [0.15, 0.2) is 18.2 Å². The van der Waals surface area contributed by atoms with Crippen LogP contribution >= 0.6 is 35.8 Å². The Morgan fingerprint density at radius 2 is 2.19 bits per heavy atom. The summed E-state index contributed by atoms with van der Waals surface area (Å²) in [6.45, 7) is 1.88. The highest BCUT2D eigenvalue weighted by molar-refractivity contribution is 7.80. The van der Waals surface area contributed by atoms with E-state index in [1.165, 1.54) is 0 Å². The fourth-order valence-corrected chi connectivity index (χ4v) is 2.12. The van der Waals surface area contributed by atoms with Gasteiger partial charge in [0.05, 0.1) is 6.04 Å². The minimum Gasteiger partial charge on any atom is -0.350 e. The molecule has 0 fully saturated rings. The maximum atomic E-state index is 11.4. The molecular weight excluding hydrogens is 265 g/mol. The number of hydrogen-bond donors (Lipinski definition) is 2. The molecular formula is C11H13Cl2NOS. The van der Waals surface area contributed by atoms with Gasteiger partial charge < -0.3 is 5.32 Å². The maximum Gasteiger partial charge on any atom is 0.221 e. The van der Waals surface area contributed by atoms with Crippen LogP contribution in [0.1, 0.15) is 24.9 Å². The summed E-state index contributed by atoms with van der Waals surface area (Å²) in [6.07, 6.45) is 0.401. The summed E-state index contributed by atoms with van der Waals surface area (Å²) in [5.74, 6) is 0.501. The summed E-state index contributed by atoms with van der Waals surface area (Å²) in [5, 5.41) is 3.99. The standard InChI is InChI=1S/C11H13Cl2NOS/c1-7(14-11(15)4-5-16)9-3-2-8(12)6-10(9)13/h2-3,6-7,16H,4-5H2,1H3,(H,14,15). The third-order valence-electron chi connectivity index (χ3n) is 2.15. The van der Waals surface area contributed by atoms with Crippen molar-refractivity contribution in [2.45, 2.75) is 19.4 Å². The molecule has 0 radical (unpaired) electrons. The van der Waals surface area contributed by atoms with E-state index in [0.29, 0.717) is 22.2 Å². The molecule has 1 N–H and O–H groups in total. The lowest BCUT2D eigenvalue weighted by Crippen LogP contribution is -2.26. The van der Waals surface area contributed by atoms with Gasteiger partial charge in [-0.3, -0.25) is 4.79 Å². The van der Waals surface area contributed by atoms with E-state index in [4.69, 9.17) is 23.2 Å². The molecule has 16 heavy (non-hydrogen) atoms. The van der Waals surface area contributed by atoms with E-state index < -0.39 is 0 Å². The molecule has 0 aliphatic heterocycles. The van der Waals surface area contributed by atoms with Crippen LogP contribution in [-0.2, 0) is 4.79 Å². The predicted molar refractivity (Wildman–Crippen MR) is 71.5 cm³/mol. The Morgan fingerprint density at radius 3 is 2.75 bits per heavy atom. The molecule has 0 heterocycles. The highest BCUT2D eigenvalue weighted by atomic mass is 35.5. The Kier molecular flexibility index (Phi) is 5.46. The Hall–Kier alpha value is -0.380. The second-order valence-corrected chi connectivity index (χ2v) is 4.72. The Morgan fingerprint density at radius 1 is 1.50 bits per heavy atom.